The van der Waals surface area contributed by atoms with E-state index in [0.717, 1.165) is 45.4 Å². The van der Waals surface area contributed by atoms with Crippen molar-refractivity contribution >= 4 is 0 Å². The molecular formula is C40H80F4N4. The van der Waals surface area contributed by atoms with Crippen LogP contribution in [0, 0.1) is 0 Å². The third-order valence-corrected chi connectivity index (χ3v) is 10.5. The van der Waals surface area contributed by atoms with Crippen molar-refractivity contribution in [2.24, 2.45) is 0 Å². The van der Waals surface area contributed by atoms with Crippen LogP contribution in [-0.2, 0) is 0 Å². The molecule has 0 saturated carbocycles. The lowest BCUT2D eigenvalue weighted by atomic mass is 10.00. The number of hydrogen-bond donors (Lipinski definition) is 0. The number of halogens is 4. The largest absolute Gasteiger partial charge is 0.298 e. The van der Waals surface area contributed by atoms with Gasteiger partial charge in [-0.05, 0) is 174 Å². The van der Waals surface area contributed by atoms with Crippen molar-refractivity contribution < 1.29 is 17.6 Å². The normalized spacial score (nSPS) is 29.1. The van der Waals surface area contributed by atoms with E-state index >= 15 is 0 Å². The summed E-state index contributed by atoms with van der Waals surface area (Å²) in [6.45, 7) is 36.2. The Hall–Kier alpha value is -0.440. The maximum absolute atomic E-state index is 13.7. The zero-order chi connectivity index (χ0) is 37.2. The fourth-order valence-electron chi connectivity index (χ4n) is 6.85. The van der Waals surface area contributed by atoms with Crippen LogP contribution in [0.15, 0.2) is 0 Å². The Labute approximate surface area is 296 Å². The molecule has 0 aliphatic carbocycles. The predicted molar refractivity (Wildman–Crippen MR) is 200 cm³/mol. The van der Waals surface area contributed by atoms with Gasteiger partial charge in [0.1, 0.15) is 11.3 Å². The highest BCUT2D eigenvalue weighted by molar-refractivity contribution is 4.92. The van der Waals surface area contributed by atoms with E-state index in [9.17, 15) is 17.6 Å². The van der Waals surface area contributed by atoms with Crippen LogP contribution in [-0.4, -0.2) is 111 Å². The zero-order valence-corrected chi connectivity index (χ0v) is 34.2. The molecule has 0 aromatic rings. The zero-order valence-electron chi connectivity index (χ0n) is 34.2. The number of likely N-dealkylation sites (tertiary alicyclic amines) is 4. The third-order valence-electron chi connectivity index (χ3n) is 10.5. The van der Waals surface area contributed by atoms with Gasteiger partial charge in [-0.1, -0.05) is 12.8 Å². The molecule has 4 rings (SSSR count). The molecule has 0 spiro atoms. The van der Waals surface area contributed by atoms with Crippen molar-refractivity contribution in [3.63, 3.8) is 0 Å². The van der Waals surface area contributed by atoms with Crippen molar-refractivity contribution in [3.8, 4) is 0 Å². The molecule has 288 valence electrons. The van der Waals surface area contributed by atoms with Crippen LogP contribution in [0.5, 0.6) is 0 Å². The Bertz CT molecular complexity index is 870. The average Bonchev–Trinajstić information content (AvgIpc) is 3.12. The molecule has 0 aromatic carbocycles. The smallest absolute Gasteiger partial charge is 0.260 e. The highest BCUT2D eigenvalue weighted by atomic mass is 19.3. The van der Waals surface area contributed by atoms with Gasteiger partial charge in [0.15, 0.2) is 0 Å². The Morgan fingerprint density at radius 2 is 0.708 bits per heavy atom. The third kappa shape index (κ3) is 18.7. The second-order valence-corrected chi connectivity index (χ2v) is 19.7. The van der Waals surface area contributed by atoms with Crippen molar-refractivity contribution in [3.05, 3.63) is 0 Å². The van der Waals surface area contributed by atoms with Gasteiger partial charge >= 0.3 is 0 Å². The Morgan fingerprint density at radius 3 is 1.12 bits per heavy atom. The molecule has 4 aliphatic heterocycles. The summed E-state index contributed by atoms with van der Waals surface area (Å²) in [7, 11) is 0. The van der Waals surface area contributed by atoms with Crippen LogP contribution >= 0.6 is 0 Å². The monoisotopic (exact) mass is 693 g/mol. The molecule has 0 bridgehead atoms. The predicted octanol–water partition coefficient (Wildman–Crippen LogP) is 10.8. The van der Waals surface area contributed by atoms with Gasteiger partial charge in [0.25, 0.3) is 5.92 Å². The molecule has 0 amide bonds. The number of hydrogen-bond acceptors (Lipinski definition) is 4. The summed E-state index contributed by atoms with van der Waals surface area (Å²) in [5.41, 5.74) is -1.30. The lowest BCUT2D eigenvalue weighted by Gasteiger charge is -2.36. The average molecular weight is 693 g/mol. The van der Waals surface area contributed by atoms with Crippen molar-refractivity contribution in [1.29, 1.82) is 0 Å². The van der Waals surface area contributed by atoms with Gasteiger partial charge in [-0.25, -0.2) is 17.6 Å². The summed E-state index contributed by atoms with van der Waals surface area (Å²) in [5, 5.41) is 0. The molecule has 0 aromatic heterocycles. The summed E-state index contributed by atoms with van der Waals surface area (Å²) >= 11 is 0. The molecule has 4 heterocycles. The van der Waals surface area contributed by atoms with E-state index in [1.165, 1.54) is 38.8 Å². The molecule has 4 fully saturated rings. The maximum Gasteiger partial charge on any atom is 0.260 e. The maximum atomic E-state index is 13.7. The minimum absolute atomic E-state index is 0.0551. The molecule has 2 unspecified atom stereocenters. The molecule has 48 heavy (non-hydrogen) atoms. The van der Waals surface area contributed by atoms with E-state index < -0.39 is 17.3 Å². The Kier molecular flexibility index (Phi) is 17.4. The lowest BCUT2D eigenvalue weighted by molar-refractivity contribution is -0.0480. The van der Waals surface area contributed by atoms with Gasteiger partial charge in [-0.15, -0.1) is 0 Å². The molecule has 0 N–H and O–H groups in total. The number of rotatable bonds is 0. The van der Waals surface area contributed by atoms with Gasteiger partial charge in [0.2, 0.25) is 0 Å². The van der Waals surface area contributed by atoms with Gasteiger partial charge < -0.3 is 0 Å². The van der Waals surface area contributed by atoms with Crippen molar-refractivity contribution in [1.82, 2.24) is 19.6 Å². The van der Waals surface area contributed by atoms with Gasteiger partial charge in [0.05, 0.1) is 6.54 Å². The minimum atomic E-state index is -2.48. The first-order chi connectivity index (χ1) is 21.5. The standard InChI is InChI=1S/C11H22FN.C10H19F2N.C10H21N.C9H18FN/c1-10(2,3)13-8-5-6-11(4,12)7-9-13;1-9(2,3)13-7-5-4-6-10(11,12)8-13;1-10(2,3)11-8-6-4-5-7-9-11;1-8(2,3)11-6-5-9(4,10)7-11/h5-9H2,1-4H3;4-8H2,1-3H3;4-9H2,1-3H3;5-7H2,1-4H3. The molecule has 2 atom stereocenters. The van der Waals surface area contributed by atoms with E-state index in [-0.39, 0.29) is 29.6 Å². The van der Waals surface area contributed by atoms with Crippen LogP contribution in [0.2, 0.25) is 0 Å². The minimum Gasteiger partial charge on any atom is -0.298 e. The van der Waals surface area contributed by atoms with Crippen LogP contribution in [0.3, 0.4) is 0 Å². The van der Waals surface area contributed by atoms with Crippen LogP contribution in [0.4, 0.5) is 17.6 Å². The number of nitrogens with zero attached hydrogens (tertiary/aromatic N) is 4. The van der Waals surface area contributed by atoms with Crippen LogP contribution in [0.1, 0.15) is 168 Å². The van der Waals surface area contributed by atoms with Crippen LogP contribution in [0.25, 0.3) is 0 Å². The SMILES string of the molecule is CC(C)(C)N1CCCCC(F)(F)C1.CC(C)(C)N1CCCCCC1.CC1(F)CCCN(C(C)(C)C)CC1.CC1(F)CCN(C(C)(C)C)C1. The highest BCUT2D eigenvalue weighted by Crippen LogP contribution is 2.31. The molecule has 0 radical (unpaired) electrons. The molecule has 4 nitrogen and oxygen atoms in total. The number of alkyl halides is 4. The summed E-state index contributed by atoms with van der Waals surface area (Å²) in [6.07, 6.45) is 10.4. The van der Waals surface area contributed by atoms with E-state index in [1.54, 1.807) is 13.8 Å². The lowest BCUT2D eigenvalue weighted by Crippen LogP contribution is -2.46. The van der Waals surface area contributed by atoms with E-state index in [2.05, 4.69) is 77.0 Å². The second-order valence-electron chi connectivity index (χ2n) is 19.7. The first-order valence-electron chi connectivity index (χ1n) is 19.3. The van der Waals surface area contributed by atoms with Crippen molar-refractivity contribution in [2.45, 2.75) is 207 Å². The molecule has 8 heteroatoms. The Balaban J connectivity index is 0.000000321. The second kappa shape index (κ2) is 18.4. The molecule has 4 aliphatic rings. The van der Waals surface area contributed by atoms with E-state index in [4.69, 9.17) is 0 Å². The fourth-order valence-corrected chi connectivity index (χ4v) is 6.85. The summed E-state index contributed by atoms with van der Waals surface area (Å²) in [4.78, 5) is 9.09. The van der Waals surface area contributed by atoms with E-state index in [0.29, 0.717) is 31.3 Å². The summed E-state index contributed by atoms with van der Waals surface area (Å²) < 4.78 is 53.4. The summed E-state index contributed by atoms with van der Waals surface area (Å²) in [6, 6.07) is 0. The first-order valence-corrected chi connectivity index (χ1v) is 19.3. The Morgan fingerprint density at radius 1 is 0.354 bits per heavy atom. The first kappa shape index (κ1) is 45.6. The van der Waals surface area contributed by atoms with Crippen molar-refractivity contribution in [2.75, 3.05) is 52.4 Å². The van der Waals surface area contributed by atoms with Crippen LogP contribution < -0.4 is 0 Å². The highest BCUT2D eigenvalue weighted by Gasteiger charge is 2.38. The topological polar surface area (TPSA) is 13.0 Å². The fraction of sp³-hybridized carbons (Fsp3) is 1.00. The molecular weight excluding hydrogens is 612 g/mol. The van der Waals surface area contributed by atoms with Gasteiger partial charge in [-0.3, -0.25) is 19.6 Å². The quantitative estimate of drug-likeness (QED) is 0.234. The van der Waals surface area contributed by atoms with Gasteiger partial charge in [-0.2, -0.15) is 0 Å². The molecule has 4 saturated heterocycles. The van der Waals surface area contributed by atoms with E-state index in [1.807, 2.05) is 25.7 Å². The van der Waals surface area contributed by atoms with Gasteiger partial charge in [0, 0.05) is 48.2 Å². The summed E-state index contributed by atoms with van der Waals surface area (Å²) in [5.74, 6) is -2.48.